The van der Waals surface area contributed by atoms with Crippen LogP contribution in [0.3, 0.4) is 0 Å². The SMILES string of the molecule is C=C(Br)C(=O)N[C@H](CN(Cc1ccccc1)Cc1ccccc1)[C@H](C)O. The Morgan fingerprint density at radius 1 is 1.08 bits per heavy atom. The monoisotopic (exact) mass is 416 g/mol. The van der Waals surface area contributed by atoms with Crippen LogP contribution in [0.15, 0.2) is 71.7 Å². The summed E-state index contributed by atoms with van der Waals surface area (Å²) in [7, 11) is 0. The second-order valence-electron chi connectivity index (χ2n) is 6.37. The molecule has 2 atom stereocenters. The standard InChI is InChI=1S/C21H25BrN2O2/c1-16(22)21(26)23-20(17(2)25)15-24(13-18-9-5-3-6-10-18)14-19-11-7-4-8-12-19/h3-12,17,20,25H,1,13-15H2,2H3,(H,23,26)/t17-,20+/m0/s1. The van der Waals surface area contributed by atoms with Crippen LogP contribution in [-0.2, 0) is 17.9 Å². The third kappa shape index (κ3) is 6.75. The summed E-state index contributed by atoms with van der Waals surface area (Å²) in [4.78, 5) is 14.2. The number of nitrogens with one attached hydrogen (secondary N) is 1. The first-order valence-electron chi connectivity index (χ1n) is 8.59. The number of carbonyl (C=O) groups excluding carboxylic acids is 1. The maximum absolute atomic E-state index is 12.0. The second kappa shape index (κ2) is 10.3. The van der Waals surface area contributed by atoms with Crippen molar-refractivity contribution in [2.75, 3.05) is 6.54 Å². The van der Waals surface area contributed by atoms with E-state index < -0.39 is 12.1 Å². The highest BCUT2D eigenvalue weighted by molar-refractivity contribution is 9.12. The Labute approximate surface area is 163 Å². The van der Waals surface area contributed by atoms with Gasteiger partial charge in [0.15, 0.2) is 0 Å². The van der Waals surface area contributed by atoms with Crippen molar-refractivity contribution in [3.8, 4) is 0 Å². The third-order valence-corrected chi connectivity index (χ3v) is 4.46. The highest BCUT2D eigenvalue weighted by Crippen LogP contribution is 2.12. The maximum atomic E-state index is 12.0. The van der Waals surface area contributed by atoms with E-state index in [0.29, 0.717) is 6.54 Å². The van der Waals surface area contributed by atoms with Gasteiger partial charge in [0.05, 0.1) is 16.6 Å². The van der Waals surface area contributed by atoms with E-state index in [1.807, 2.05) is 36.4 Å². The van der Waals surface area contributed by atoms with E-state index in [2.05, 4.69) is 57.0 Å². The Hall–Kier alpha value is -1.95. The quantitative estimate of drug-likeness (QED) is 0.615. The predicted octanol–water partition coefficient (Wildman–Crippen LogP) is 3.46. The number of rotatable bonds is 9. The Balaban J connectivity index is 2.14. The van der Waals surface area contributed by atoms with Crippen LogP contribution in [0.25, 0.3) is 0 Å². The number of aliphatic hydroxyl groups excluding tert-OH is 1. The molecule has 2 rings (SSSR count). The number of amides is 1. The lowest BCUT2D eigenvalue weighted by Gasteiger charge is -2.30. The van der Waals surface area contributed by atoms with Gasteiger partial charge in [0.25, 0.3) is 5.91 Å². The van der Waals surface area contributed by atoms with E-state index in [-0.39, 0.29) is 10.4 Å². The molecule has 0 fully saturated rings. The first-order chi connectivity index (χ1) is 12.5. The van der Waals surface area contributed by atoms with E-state index in [9.17, 15) is 9.90 Å². The molecule has 0 aromatic heterocycles. The van der Waals surface area contributed by atoms with E-state index in [1.165, 1.54) is 11.1 Å². The molecule has 0 unspecified atom stereocenters. The van der Waals surface area contributed by atoms with Crippen LogP contribution in [0.2, 0.25) is 0 Å². The van der Waals surface area contributed by atoms with Crippen LogP contribution in [-0.4, -0.2) is 34.6 Å². The zero-order valence-electron chi connectivity index (χ0n) is 14.9. The molecule has 0 saturated heterocycles. The summed E-state index contributed by atoms with van der Waals surface area (Å²) >= 11 is 3.09. The van der Waals surface area contributed by atoms with Gasteiger partial charge in [-0.2, -0.15) is 0 Å². The predicted molar refractivity (Wildman–Crippen MR) is 109 cm³/mol. The molecule has 0 aliphatic carbocycles. The molecule has 4 nitrogen and oxygen atoms in total. The number of aliphatic hydroxyl groups is 1. The smallest absolute Gasteiger partial charge is 0.258 e. The summed E-state index contributed by atoms with van der Waals surface area (Å²) in [6.45, 7) is 7.25. The van der Waals surface area contributed by atoms with Gasteiger partial charge in [-0.25, -0.2) is 0 Å². The average Bonchev–Trinajstić information content (AvgIpc) is 2.62. The normalized spacial score (nSPS) is 13.2. The number of carbonyl (C=O) groups is 1. The lowest BCUT2D eigenvalue weighted by molar-refractivity contribution is -0.118. The highest BCUT2D eigenvalue weighted by atomic mass is 79.9. The lowest BCUT2D eigenvalue weighted by atomic mass is 10.1. The molecule has 0 saturated carbocycles. The molecule has 0 bridgehead atoms. The summed E-state index contributed by atoms with van der Waals surface area (Å²) in [5.41, 5.74) is 2.37. The number of hydrogen-bond donors (Lipinski definition) is 2. The van der Waals surface area contributed by atoms with E-state index in [4.69, 9.17) is 0 Å². The molecule has 5 heteroatoms. The number of nitrogens with zero attached hydrogens (tertiary/aromatic N) is 1. The number of hydrogen-bond acceptors (Lipinski definition) is 3. The van der Waals surface area contributed by atoms with Crippen LogP contribution in [0.5, 0.6) is 0 Å². The molecule has 0 aliphatic heterocycles. The fourth-order valence-corrected chi connectivity index (χ4v) is 2.83. The lowest BCUT2D eigenvalue weighted by Crippen LogP contribution is -2.49. The van der Waals surface area contributed by atoms with Crippen LogP contribution in [0.4, 0.5) is 0 Å². The molecule has 26 heavy (non-hydrogen) atoms. The zero-order valence-corrected chi connectivity index (χ0v) is 16.5. The molecule has 0 spiro atoms. The Morgan fingerprint density at radius 2 is 1.54 bits per heavy atom. The number of benzene rings is 2. The first kappa shape index (κ1) is 20.4. The van der Waals surface area contributed by atoms with Gasteiger partial charge >= 0.3 is 0 Å². The maximum Gasteiger partial charge on any atom is 0.258 e. The molecule has 0 heterocycles. The van der Waals surface area contributed by atoms with Crippen molar-refractivity contribution >= 4 is 21.8 Å². The Kier molecular flexibility index (Phi) is 8.04. The van der Waals surface area contributed by atoms with Gasteiger partial charge < -0.3 is 10.4 Å². The fourth-order valence-electron chi connectivity index (χ4n) is 2.71. The van der Waals surface area contributed by atoms with Crippen molar-refractivity contribution in [1.82, 2.24) is 10.2 Å². The second-order valence-corrected chi connectivity index (χ2v) is 7.32. The molecule has 2 aromatic carbocycles. The van der Waals surface area contributed by atoms with E-state index in [0.717, 1.165) is 13.1 Å². The Bertz CT molecular complexity index is 663. The molecule has 138 valence electrons. The average molecular weight is 417 g/mol. The molecule has 2 aromatic rings. The molecule has 2 N–H and O–H groups in total. The van der Waals surface area contributed by atoms with Crippen LogP contribution in [0.1, 0.15) is 18.1 Å². The minimum absolute atomic E-state index is 0.251. The highest BCUT2D eigenvalue weighted by Gasteiger charge is 2.22. The topological polar surface area (TPSA) is 52.6 Å². The molecule has 0 radical (unpaired) electrons. The van der Waals surface area contributed by atoms with Gasteiger partial charge in [0.2, 0.25) is 0 Å². The zero-order chi connectivity index (χ0) is 18.9. The first-order valence-corrected chi connectivity index (χ1v) is 9.38. The van der Waals surface area contributed by atoms with Crippen molar-refractivity contribution in [2.24, 2.45) is 0 Å². The van der Waals surface area contributed by atoms with Crippen LogP contribution < -0.4 is 5.32 Å². The van der Waals surface area contributed by atoms with Crippen molar-refractivity contribution in [3.63, 3.8) is 0 Å². The van der Waals surface area contributed by atoms with Crippen molar-refractivity contribution < 1.29 is 9.90 Å². The van der Waals surface area contributed by atoms with Gasteiger partial charge in [-0.15, -0.1) is 0 Å². The van der Waals surface area contributed by atoms with Crippen LogP contribution in [0, 0.1) is 0 Å². The minimum atomic E-state index is -0.681. The summed E-state index contributed by atoms with van der Waals surface area (Å²) in [5, 5.41) is 13.0. The largest absolute Gasteiger partial charge is 0.391 e. The van der Waals surface area contributed by atoms with Gasteiger partial charge in [0.1, 0.15) is 0 Å². The summed E-state index contributed by atoms with van der Waals surface area (Å²) in [6, 6.07) is 19.9. The van der Waals surface area contributed by atoms with E-state index >= 15 is 0 Å². The van der Waals surface area contributed by atoms with Gasteiger partial charge in [-0.05, 0) is 34.0 Å². The summed E-state index contributed by atoms with van der Waals surface area (Å²) in [6.07, 6.45) is -0.681. The summed E-state index contributed by atoms with van der Waals surface area (Å²) < 4.78 is 0.251. The Morgan fingerprint density at radius 3 is 1.92 bits per heavy atom. The molecule has 1 amide bonds. The fraction of sp³-hybridized carbons (Fsp3) is 0.286. The van der Waals surface area contributed by atoms with Gasteiger partial charge in [-0.3, -0.25) is 9.69 Å². The number of halogens is 1. The van der Waals surface area contributed by atoms with Crippen molar-refractivity contribution in [1.29, 1.82) is 0 Å². The van der Waals surface area contributed by atoms with Crippen LogP contribution >= 0.6 is 15.9 Å². The minimum Gasteiger partial charge on any atom is -0.391 e. The van der Waals surface area contributed by atoms with E-state index in [1.54, 1.807) is 6.92 Å². The van der Waals surface area contributed by atoms with Gasteiger partial charge in [-0.1, -0.05) is 67.2 Å². The van der Waals surface area contributed by atoms with Crippen molar-refractivity contribution in [2.45, 2.75) is 32.2 Å². The molecular weight excluding hydrogens is 392 g/mol. The van der Waals surface area contributed by atoms with Crippen molar-refractivity contribution in [3.05, 3.63) is 82.9 Å². The third-order valence-electron chi connectivity index (χ3n) is 4.10. The van der Waals surface area contributed by atoms with Gasteiger partial charge in [0, 0.05) is 19.6 Å². The summed E-state index contributed by atoms with van der Waals surface area (Å²) in [5.74, 6) is -0.310. The molecular formula is C21H25BrN2O2. The molecule has 0 aliphatic rings.